The number of aliphatic hydroxyl groups is 3. The third-order valence-electron chi connectivity index (χ3n) is 7.62. The average molecular weight is 637 g/mol. The molecule has 5 atom stereocenters. The Morgan fingerprint density at radius 3 is 2.59 bits per heavy atom. The van der Waals surface area contributed by atoms with Crippen molar-refractivity contribution < 1.29 is 58.6 Å². The van der Waals surface area contributed by atoms with Crippen LogP contribution in [0, 0.1) is 0 Å². The number of fused-ring (bicyclic) bond motifs is 2. The number of carbonyl (C=O) groups excluding carboxylic acids is 1. The fraction of sp³-hybridized carbons (Fsp3) is 0.258. The van der Waals surface area contributed by atoms with Crippen LogP contribution < -0.4 is 15.0 Å². The molecule has 1 aliphatic rings. The van der Waals surface area contributed by atoms with Crippen molar-refractivity contribution in [1.29, 1.82) is 0 Å². The molecule has 0 saturated carbocycles. The van der Waals surface area contributed by atoms with E-state index >= 15 is 0 Å². The predicted octanol–water partition coefficient (Wildman–Crippen LogP) is 1.15. The molecule has 1 saturated heterocycles. The van der Waals surface area contributed by atoms with Crippen molar-refractivity contribution in [2.75, 3.05) is 13.2 Å². The Morgan fingerprint density at radius 2 is 1.87 bits per heavy atom. The highest BCUT2D eigenvalue weighted by molar-refractivity contribution is 5.90. The molecular weight excluding hydrogens is 608 g/mol. The van der Waals surface area contributed by atoms with Crippen molar-refractivity contribution in [3.8, 4) is 22.6 Å². The molecular formula is C31H28N2O13. The van der Waals surface area contributed by atoms with Gasteiger partial charge in [-0.15, -0.1) is 0 Å². The number of benzene rings is 2. The maximum absolute atomic E-state index is 13.2. The van der Waals surface area contributed by atoms with Gasteiger partial charge in [-0.25, -0.2) is 0 Å². The molecule has 2 aromatic carbocycles. The van der Waals surface area contributed by atoms with Gasteiger partial charge in [-0.1, -0.05) is 12.1 Å². The van der Waals surface area contributed by atoms with E-state index in [-0.39, 0.29) is 33.5 Å². The molecule has 5 aromatic rings. The van der Waals surface area contributed by atoms with Crippen molar-refractivity contribution in [2.24, 2.45) is 0 Å². The fourth-order valence-corrected chi connectivity index (χ4v) is 5.21. The summed E-state index contributed by atoms with van der Waals surface area (Å²) in [4.78, 5) is 45.0. The number of carboxylic acid groups (broad SMARTS) is 1. The highest BCUT2D eigenvalue weighted by Gasteiger charge is 2.59. The van der Waals surface area contributed by atoms with Gasteiger partial charge < -0.3 is 54.0 Å². The first-order chi connectivity index (χ1) is 22.0. The van der Waals surface area contributed by atoms with Crippen molar-refractivity contribution in [3.05, 3.63) is 83.6 Å². The third-order valence-corrected chi connectivity index (χ3v) is 7.62. The summed E-state index contributed by atoms with van der Waals surface area (Å²) in [5.41, 5.74) is -1.19. The van der Waals surface area contributed by atoms with E-state index < -0.39 is 61.8 Å². The van der Waals surface area contributed by atoms with Crippen molar-refractivity contribution >= 4 is 33.8 Å². The summed E-state index contributed by atoms with van der Waals surface area (Å²) in [7, 11) is 0. The number of phenols is 1. The monoisotopic (exact) mass is 636 g/mol. The molecule has 15 nitrogen and oxygen atoms in total. The summed E-state index contributed by atoms with van der Waals surface area (Å²) < 4.78 is 23.8. The van der Waals surface area contributed by atoms with Crippen molar-refractivity contribution in [3.63, 3.8) is 0 Å². The molecule has 1 aliphatic heterocycles. The van der Waals surface area contributed by atoms with E-state index in [0.717, 1.165) is 5.39 Å². The molecule has 6 N–H and O–H groups in total. The highest BCUT2D eigenvalue weighted by Crippen LogP contribution is 2.34. The number of hydrogen-bond acceptors (Lipinski definition) is 12. The Bertz CT molecular complexity index is 1920. The number of aliphatic carboxylic acids is 1. The highest BCUT2D eigenvalue weighted by atomic mass is 16.8. The molecule has 0 aliphatic carbocycles. The Morgan fingerprint density at radius 1 is 1.09 bits per heavy atom. The minimum atomic E-state index is -2.45. The SMILES string of the molecule is O=C(O)CC(=O)OCC1OC(Oc2ccc3c(=O)c(-c4ccc(O)cc4)coc3c2)C(On2cc3cc[nH]c3c2)C(O)(CO)C1O. The second kappa shape index (κ2) is 12.2. The largest absolute Gasteiger partial charge is 0.508 e. The number of aromatic nitrogens is 2. The van der Waals surface area contributed by atoms with Crippen molar-refractivity contribution in [1.82, 2.24) is 9.71 Å². The molecule has 0 amide bonds. The summed E-state index contributed by atoms with van der Waals surface area (Å²) in [5, 5.41) is 52.3. The molecule has 4 heterocycles. The summed E-state index contributed by atoms with van der Waals surface area (Å²) >= 11 is 0. The number of H-pyrrole nitrogens is 1. The number of phenolic OH excluding ortho intramolecular Hbond substituents is 1. The predicted molar refractivity (Wildman–Crippen MR) is 157 cm³/mol. The van der Waals surface area contributed by atoms with E-state index in [1.807, 2.05) is 0 Å². The molecule has 5 unspecified atom stereocenters. The van der Waals surface area contributed by atoms with Crippen LogP contribution in [0.4, 0.5) is 0 Å². The maximum atomic E-state index is 13.2. The van der Waals surface area contributed by atoms with Gasteiger partial charge in [-0.05, 0) is 35.9 Å². The van der Waals surface area contributed by atoms with Gasteiger partial charge >= 0.3 is 11.9 Å². The summed E-state index contributed by atoms with van der Waals surface area (Å²) in [6.07, 6.45) is -1.43. The van der Waals surface area contributed by atoms with E-state index in [0.29, 0.717) is 11.1 Å². The Balaban J connectivity index is 1.32. The van der Waals surface area contributed by atoms with E-state index in [9.17, 15) is 34.8 Å². The molecule has 1 fully saturated rings. The number of aliphatic hydroxyl groups excluding tert-OH is 2. The number of nitrogens with one attached hydrogen (secondary N) is 1. The van der Waals surface area contributed by atoms with Gasteiger partial charge in [0.05, 0.1) is 35.5 Å². The van der Waals surface area contributed by atoms with E-state index in [4.69, 9.17) is 28.6 Å². The van der Waals surface area contributed by atoms with Crippen molar-refractivity contribution in [2.45, 2.75) is 36.6 Å². The zero-order valence-electron chi connectivity index (χ0n) is 23.8. The topological polar surface area (TPSA) is 223 Å². The molecule has 46 heavy (non-hydrogen) atoms. The normalized spacial score (nSPS) is 22.9. The molecule has 0 radical (unpaired) electrons. The molecule has 3 aromatic heterocycles. The number of rotatable bonds is 10. The molecule has 0 bridgehead atoms. The number of nitrogens with zero attached hydrogens (tertiary/aromatic N) is 1. The molecule has 240 valence electrons. The second-order valence-corrected chi connectivity index (χ2v) is 10.7. The zero-order valence-corrected chi connectivity index (χ0v) is 23.8. The van der Waals surface area contributed by atoms with Crippen LogP contribution in [0.2, 0.25) is 0 Å². The van der Waals surface area contributed by atoms with Crippen LogP contribution in [0.25, 0.3) is 33.0 Å². The minimum Gasteiger partial charge on any atom is -0.508 e. The quantitative estimate of drug-likeness (QED) is 0.0936. The van der Waals surface area contributed by atoms with Gasteiger partial charge in [0.15, 0.2) is 11.0 Å². The third kappa shape index (κ3) is 5.87. The second-order valence-electron chi connectivity index (χ2n) is 10.7. The van der Waals surface area contributed by atoms with E-state index in [1.54, 1.807) is 36.8 Å². The van der Waals surface area contributed by atoms with Gasteiger partial charge in [0.25, 0.3) is 0 Å². The number of carboxylic acids is 1. The molecule has 15 heteroatoms. The Labute approximate surface area is 258 Å². The average Bonchev–Trinajstić information content (AvgIpc) is 3.63. The van der Waals surface area contributed by atoms with E-state index in [1.165, 1.54) is 41.3 Å². The fourth-order valence-electron chi connectivity index (χ4n) is 5.21. The smallest absolute Gasteiger partial charge is 0.317 e. The first-order valence-electron chi connectivity index (χ1n) is 13.9. The Hall–Kier alpha value is -5.35. The Kier molecular flexibility index (Phi) is 8.14. The van der Waals surface area contributed by atoms with Gasteiger partial charge in [0.2, 0.25) is 12.4 Å². The molecule has 0 spiro atoms. The number of carbonyl (C=O) groups is 2. The van der Waals surface area contributed by atoms with Gasteiger partial charge in [0, 0.05) is 17.6 Å². The van der Waals surface area contributed by atoms with Gasteiger partial charge in [0.1, 0.15) is 48.6 Å². The lowest BCUT2D eigenvalue weighted by Gasteiger charge is -2.47. The van der Waals surface area contributed by atoms with Crippen LogP contribution in [0.1, 0.15) is 6.42 Å². The lowest BCUT2D eigenvalue weighted by Crippen LogP contribution is -2.72. The van der Waals surface area contributed by atoms with Crippen LogP contribution in [0.15, 0.2) is 82.6 Å². The minimum absolute atomic E-state index is 0.0404. The maximum Gasteiger partial charge on any atom is 0.317 e. The lowest BCUT2D eigenvalue weighted by atomic mass is 9.84. The number of hydrogen-bond donors (Lipinski definition) is 6. The molecule has 6 rings (SSSR count). The van der Waals surface area contributed by atoms with Crippen LogP contribution in [0.3, 0.4) is 0 Å². The van der Waals surface area contributed by atoms with Crippen LogP contribution in [-0.2, 0) is 19.1 Å². The summed E-state index contributed by atoms with van der Waals surface area (Å²) in [6, 6.07) is 12.1. The number of aromatic hydroxyl groups is 1. The zero-order chi connectivity index (χ0) is 32.6. The van der Waals surface area contributed by atoms with Crippen LogP contribution >= 0.6 is 0 Å². The first kappa shape index (κ1) is 30.7. The van der Waals surface area contributed by atoms with E-state index in [2.05, 4.69) is 4.98 Å². The lowest BCUT2D eigenvalue weighted by molar-refractivity contribution is -0.328. The van der Waals surface area contributed by atoms with Crippen LogP contribution in [0.5, 0.6) is 11.5 Å². The standard InChI is InChI=1S/C31H28N2O13/c34-15-31(41)28(40)24(14-43-26(38)10-25(36)37)45-30(29(31)46-33-11-17-7-8-32-22(17)12-33)44-19-5-6-20-23(9-19)42-13-21(27(20)39)16-1-3-18(35)4-2-16/h1-9,11-13,24,28-30,32,34-35,40-41H,10,14-15H2,(H,36,37). The number of esters is 1. The summed E-state index contributed by atoms with van der Waals surface area (Å²) in [6.45, 7) is -1.74. The van der Waals surface area contributed by atoms with Crippen LogP contribution in [-0.4, -0.2) is 90.6 Å². The number of aromatic amines is 1. The first-order valence-corrected chi connectivity index (χ1v) is 13.9. The van der Waals surface area contributed by atoms with Gasteiger partial charge in [-0.3, -0.25) is 14.4 Å². The number of ether oxygens (including phenoxy) is 3. The summed E-state index contributed by atoms with van der Waals surface area (Å²) in [5.74, 6) is -2.44. The van der Waals surface area contributed by atoms with Gasteiger partial charge in [-0.2, -0.15) is 4.73 Å².